The van der Waals surface area contributed by atoms with Gasteiger partial charge in [0.15, 0.2) is 0 Å². The summed E-state index contributed by atoms with van der Waals surface area (Å²) in [5.41, 5.74) is -0.297. The number of carbonyl (C=O) groups is 3. The van der Waals surface area contributed by atoms with Gasteiger partial charge in [0, 0.05) is 23.4 Å². The van der Waals surface area contributed by atoms with Crippen molar-refractivity contribution in [2.24, 2.45) is 0 Å². The first kappa shape index (κ1) is 18.1. The lowest BCUT2D eigenvalue weighted by Gasteiger charge is -2.14. The Morgan fingerprint density at radius 2 is 2.08 bits per heavy atom. The Hall–Kier alpha value is -3.27. The van der Waals surface area contributed by atoms with Gasteiger partial charge in [-0.05, 0) is 13.0 Å². The van der Waals surface area contributed by atoms with E-state index < -0.39 is 22.7 Å². The molecule has 0 saturated heterocycles. The summed E-state index contributed by atoms with van der Waals surface area (Å²) in [4.78, 5) is 47.0. The molecule has 10 nitrogen and oxygen atoms in total. The highest BCUT2D eigenvalue weighted by atomic mass is 16.6. The van der Waals surface area contributed by atoms with Crippen molar-refractivity contribution in [2.75, 3.05) is 25.6 Å². The second-order valence-electron chi connectivity index (χ2n) is 5.12. The number of methoxy groups -OCH3 is 1. The summed E-state index contributed by atoms with van der Waals surface area (Å²) in [6, 6.07) is 2.44. The first-order chi connectivity index (χ1) is 11.8. The Bertz CT molecular complexity index is 801. The minimum absolute atomic E-state index is 0.0382. The number of β-amino-alcohol motifs (C(OH)–C–C–N with tert-alkyl or cyclic N) is 1. The Kier molecular flexibility index (Phi) is 5.13. The summed E-state index contributed by atoms with van der Waals surface area (Å²) >= 11 is 0. The number of carbonyl (C=O) groups excluding carboxylic acids is 3. The fourth-order valence-corrected chi connectivity index (χ4v) is 2.35. The molecule has 0 bridgehead atoms. The SMILES string of the molecule is COC(=O)c1cc(NC2=CC(=O)N(CCO)C2=O)cc([N+](=O)[O-])c1C. The number of ether oxygens (including phenoxy) is 1. The highest BCUT2D eigenvalue weighted by Crippen LogP contribution is 2.28. The van der Waals surface area contributed by atoms with E-state index in [2.05, 4.69) is 10.1 Å². The van der Waals surface area contributed by atoms with Crippen LogP contribution in [0.3, 0.4) is 0 Å². The number of aliphatic hydroxyl groups excluding tert-OH is 1. The van der Waals surface area contributed by atoms with Crippen molar-refractivity contribution in [3.63, 3.8) is 0 Å². The largest absolute Gasteiger partial charge is 0.465 e. The maximum Gasteiger partial charge on any atom is 0.338 e. The molecule has 1 aromatic carbocycles. The van der Waals surface area contributed by atoms with E-state index in [4.69, 9.17) is 5.11 Å². The Balaban J connectivity index is 2.40. The molecule has 0 radical (unpaired) electrons. The summed E-state index contributed by atoms with van der Waals surface area (Å²) in [5, 5.41) is 22.7. The average Bonchev–Trinajstić information content (AvgIpc) is 2.83. The normalized spacial score (nSPS) is 13.7. The van der Waals surface area contributed by atoms with Gasteiger partial charge in [0.25, 0.3) is 17.5 Å². The molecule has 2 amide bonds. The third-order valence-corrected chi connectivity index (χ3v) is 3.59. The van der Waals surface area contributed by atoms with E-state index in [0.717, 1.165) is 24.2 Å². The number of nitrogens with zero attached hydrogens (tertiary/aromatic N) is 2. The number of anilines is 1. The highest BCUT2D eigenvalue weighted by molar-refractivity contribution is 6.17. The minimum Gasteiger partial charge on any atom is -0.465 e. The smallest absolute Gasteiger partial charge is 0.338 e. The first-order valence-corrected chi connectivity index (χ1v) is 7.13. The summed E-state index contributed by atoms with van der Waals surface area (Å²) in [6.45, 7) is 0.850. The van der Waals surface area contributed by atoms with Crippen molar-refractivity contribution in [1.29, 1.82) is 0 Å². The van der Waals surface area contributed by atoms with Crippen molar-refractivity contribution in [1.82, 2.24) is 4.90 Å². The molecule has 2 N–H and O–H groups in total. The van der Waals surface area contributed by atoms with E-state index >= 15 is 0 Å². The molecule has 2 rings (SSSR count). The van der Waals surface area contributed by atoms with Crippen molar-refractivity contribution in [3.8, 4) is 0 Å². The van der Waals surface area contributed by atoms with Gasteiger partial charge in [0.1, 0.15) is 5.70 Å². The van der Waals surface area contributed by atoms with E-state index in [1.54, 1.807) is 0 Å². The monoisotopic (exact) mass is 349 g/mol. The predicted octanol–water partition coefficient (Wildman–Crippen LogP) is 0.347. The fourth-order valence-electron chi connectivity index (χ4n) is 2.35. The summed E-state index contributed by atoms with van der Waals surface area (Å²) in [7, 11) is 1.14. The topological polar surface area (TPSA) is 139 Å². The third-order valence-electron chi connectivity index (χ3n) is 3.59. The van der Waals surface area contributed by atoms with E-state index in [1.165, 1.54) is 13.0 Å². The number of nitrogens with one attached hydrogen (secondary N) is 1. The van der Waals surface area contributed by atoms with E-state index in [1.807, 2.05) is 0 Å². The van der Waals surface area contributed by atoms with Crippen LogP contribution in [0.4, 0.5) is 11.4 Å². The van der Waals surface area contributed by atoms with Crippen LogP contribution in [0.5, 0.6) is 0 Å². The quantitative estimate of drug-likeness (QED) is 0.324. The maximum atomic E-state index is 12.1. The molecular formula is C15H15N3O7. The van der Waals surface area contributed by atoms with Crippen LogP contribution in [0.1, 0.15) is 15.9 Å². The van der Waals surface area contributed by atoms with Gasteiger partial charge in [-0.25, -0.2) is 4.79 Å². The molecule has 10 heteroatoms. The van der Waals surface area contributed by atoms with Crippen molar-refractivity contribution in [2.45, 2.75) is 6.92 Å². The maximum absolute atomic E-state index is 12.1. The summed E-state index contributed by atoms with van der Waals surface area (Å²) < 4.78 is 4.60. The molecule has 0 aliphatic carbocycles. The van der Waals surface area contributed by atoms with E-state index in [0.29, 0.717) is 0 Å². The molecule has 1 aromatic rings. The minimum atomic E-state index is -0.769. The van der Waals surface area contributed by atoms with E-state index in [-0.39, 0.29) is 41.4 Å². The molecule has 1 aliphatic rings. The molecule has 132 valence electrons. The van der Waals surface area contributed by atoms with Gasteiger partial charge >= 0.3 is 5.97 Å². The second kappa shape index (κ2) is 7.09. The van der Waals surface area contributed by atoms with Gasteiger partial charge in [-0.3, -0.25) is 24.6 Å². The zero-order chi connectivity index (χ0) is 18.7. The average molecular weight is 349 g/mol. The van der Waals surface area contributed by atoms with Gasteiger partial charge in [-0.1, -0.05) is 0 Å². The van der Waals surface area contributed by atoms with Crippen LogP contribution in [0.25, 0.3) is 0 Å². The van der Waals surface area contributed by atoms with Gasteiger partial charge in [0.05, 0.1) is 30.7 Å². The number of hydrogen-bond acceptors (Lipinski definition) is 8. The second-order valence-corrected chi connectivity index (χ2v) is 5.12. The lowest BCUT2D eigenvalue weighted by molar-refractivity contribution is -0.385. The number of benzene rings is 1. The summed E-state index contributed by atoms with van der Waals surface area (Å²) in [5.74, 6) is -2.06. The standard InChI is InChI=1S/C15H15N3O7/c1-8-10(15(22)25-2)5-9(6-12(8)18(23)24)16-11-7-13(20)17(3-4-19)14(11)21/h5-7,16,19H,3-4H2,1-2H3. The Labute approximate surface area is 141 Å². The molecule has 0 aromatic heterocycles. The van der Waals surface area contributed by atoms with Crippen LogP contribution in [0, 0.1) is 17.0 Å². The molecule has 1 aliphatic heterocycles. The number of rotatable bonds is 6. The molecule has 1 heterocycles. The lowest BCUT2D eigenvalue weighted by atomic mass is 10.1. The lowest BCUT2D eigenvalue weighted by Crippen LogP contribution is -2.34. The first-order valence-electron chi connectivity index (χ1n) is 7.13. The van der Waals surface area contributed by atoms with Gasteiger partial charge in [-0.15, -0.1) is 0 Å². The Morgan fingerprint density at radius 1 is 1.40 bits per heavy atom. The Morgan fingerprint density at radius 3 is 2.64 bits per heavy atom. The molecule has 0 atom stereocenters. The molecule has 0 fully saturated rings. The zero-order valence-electron chi connectivity index (χ0n) is 13.4. The number of nitro benzene ring substituents is 1. The third kappa shape index (κ3) is 3.48. The number of aliphatic hydroxyl groups is 1. The number of esters is 1. The highest BCUT2D eigenvalue weighted by Gasteiger charge is 2.31. The van der Waals surface area contributed by atoms with Crippen molar-refractivity contribution >= 4 is 29.2 Å². The van der Waals surface area contributed by atoms with Crippen LogP contribution in [-0.4, -0.2) is 53.0 Å². The van der Waals surface area contributed by atoms with Crippen LogP contribution >= 0.6 is 0 Å². The molecule has 0 spiro atoms. The van der Waals surface area contributed by atoms with Crippen LogP contribution in [0.2, 0.25) is 0 Å². The molecular weight excluding hydrogens is 334 g/mol. The molecule has 25 heavy (non-hydrogen) atoms. The van der Waals surface area contributed by atoms with Crippen LogP contribution in [0.15, 0.2) is 23.9 Å². The molecule has 0 unspecified atom stereocenters. The van der Waals surface area contributed by atoms with Crippen LogP contribution in [-0.2, 0) is 14.3 Å². The van der Waals surface area contributed by atoms with Crippen molar-refractivity contribution < 1.29 is 29.2 Å². The summed E-state index contributed by atoms with van der Waals surface area (Å²) in [6.07, 6.45) is 1.02. The van der Waals surface area contributed by atoms with Gasteiger partial charge in [-0.2, -0.15) is 0 Å². The van der Waals surface area contributed by atoms with E-state index in [9.17, 15) is 24.5 Å². The van der Waals surface area contributed by atoms with Gasteiger partial charge in [0.2, 0.25) is 0 Å². The van der Waals surface area contributed by atoms with Gasteiger partial charge < -0.3 is 15.2 Å². The fraction of sp³-hybridized carbons (Fsp3) is 0.267. The molecule has 0 saturated carbocycles. The number of amides is 2. The number of imide groups is 1. The zero-order valence-corrected chi connectivity index (χ0v) is 13.4. The predicted molar refractivity (Wildman–Crippen MR) is 84.7 cm³/mol. The van der Waals surface area contributed by atoms with Crippen molar-refractivity contribution in [3.05, 3.63) is 45.1 Å². The number of nitro groups is 1. The number of hydrogen-bond donors (Lipinski definition) is 2. The van der Waals surface area contributed by atoms with Crippen LogP contribution < -0.4 is 5.32 Å².